The molecule has 0 saturated heterocycles. The standard InChI is InChI=1S/C21H23NO5/c1-5-26-17-8-7-13(10-20(17)27-6-2)9-15-14-11-18(24-3)19(25-4)12-16(14)22-21(15)23/h7-12H,5-6H2,1-4H3,(H,22,23). The molecule has 6 nitrogen and oxygen atoms in total. The molecule has 0 atom stereocenters. The first-order valence-electron chi connectivity index (χ1n) is 8.80. The number of fused-ring (bicyclic) bond motifs is 1. The first kappa shape index (κ1) is 18.6. The molecule has 1 amide bonds. The minimum atomic E-state index is -0.174. The third-order valence-electron chi connectivity index (χ3n) is 4.19. The van der Waals surface area contributed by atoms with Crippen molar-refractivity contribution in [2.45, 2.75) is 13.8 Å². The van der Waals surface area contributed by atoms with E-state index in [-0.39, 0.29) is 5.91 Å². The minimum absolute atomic E-state index is 0.174. The van der Waals surface area contributed by atoms with Crippen LogP contribution in [0.25, 0.3) is 11.6 Å². The summed E-state index contributed by atoms with van der Waals surface area (Å²) >= 11 is 0. The lowest BCUT2D eigenvalue weighted by atomic mass is 10.0. The number of hydrogen-bond acceptors (Lipinski definition) is 5. The summed E-state index contributed by atoms with van der Waals surface area (Å²) in [5, 5.41) is 2.87. The largest absolute Gasteiger partial charge is 0.493 e. The summed E-state index contributed by atoms with van der Waals surface area (Å²) in [6.07, 6.45) is 1.82. The Kier molecular flexibility index (Phi) is 5.54. The number of amides is 1. The summed E-state index contributed by atoms with van der Waals surface area (Å²) < 4.78 is 21.9. The Morgan fingerprint density at radius 3 is 2.22 bits per heavy atom. The lowest BCUT2D eigenvalue weighted by molar-refractivity contribution is -0.110. The van der Waals surface area contributed by atoms with Crippen molar-refractivity contribution in [1.29, 1.82) is 0 Å². The van der Waals surface area contributed by atoms with Crippen LogP contribution in [0, 0.1) is 0 Å². The van der Waals surface area contributed by atoms with Gasteiger partial charge in [-0.05, 0) is 43.7 Å². The molecule has 2 aromatic rings. The van der Waals surface area contributed by atoms with E-state index < -0.39 is 0 Å². The maximum absolute atomic E-state index is 12.5. The summed E-state index contributed by atoms with van der Waals surface area (Å²) in [7, 11) is 3.13. The molecule has 0 aliphatic carbocycles. The smallest absolute Gasteiger partial charge is 0.256 e. The van der Waals surface area contributed by atoms with Crippen LogP contribution in [0.5, 0.6) is 23.0 Å². The molecule has 1 heterocycles. The van der Waals surface area contributed by atoms with Gasteiger partial charge in [-0.2, -0.15) is 0 Å². The molecular formula is C21H23NO5. The molecule has 1 aliphatic rings. The van der Waals surface area contributed by atoms with Crippen LogP contribution in [-0.2, 0) is 4.79 Å². The lowest BCUT2D eigenvalue weighted by Crippen LogP contribution is -2.03. The second-order valence-corrected chi connectivity index (χ2v) is 5.84. The number of methoxy groups -OCH3 is 2. The van der Waals surface area contributed by atoms with E-state index in [9.17, 15) is 4.79 Å². The summed E-state index contributed by atoms with van der Waals surface area (Å²) in [6, 6.07) is 9.18. The summed E-state index contributed by atoms with van der Waals surface area (Å²) in [6.45, 7) is 4.92. The summed E-state index contributed by atoms with van der Waals surface area (Å²) in [5.41, 5.74) is 2.86. The highest BCUT2D eigenvalue weighted by Gasteiger charge is 2.26. The summed E-state index contributed by atoms with van der Waals surface area (Å²) in [5.74, 6) is 2.30. The van der Waals surface area contributed by atoms with Gasteiger partial charge in [0.25, 0.3) is 5.91 Å². The van der Waals surface area contributed by atoms with Crippen LogP contribution in [0.4, 0.5) is 5.69 Å². The highest BCUT2D eigenvalue weighted by Crippen LogP contribution is 2.41. The number of ether oxygens (including phenoxy) is 4. The molecule has 1 N–H and O–H groups in total. The molecule has 0 aromatic heterocycles. The number of nitrogens with one attached hydrogen (secondary N) is 1. The minimum Gasteiger partial charge on any atom is -0.493 e. The zero-order chi connectivity index (χ0) is 19.4. The van der Waals surface area contributed by atoms with Gasteiger partial charge >= 0.3 is 0 Å². The van der Waals surface area contributed by atoms with Crippen LogP contribution in [0.1, 0.15) is 25.0 Å². The molecule has 1 aliphatic heterocycles. The average Bonchev–Trinajstić information content (AvgIpc) is 2.97. The number of benzene rings is 2. The zero-order valence-electron chi connectivity index (χ0n) is 15.9. The van der Waals surface area contributed by atoms with Gasteiger partial charge < -0.3 is 24.3 Å². The Balaban J connectivity index is 2.03. The molecule has 0 spiro atoms. The van der Waals surface area contributed by atoms with E-state index in [4.69, 9.17) is 18.9 Å². The van der Waals surface area contributed by atoms with Crippen molar-refractivity contribution in [3.8, 4) is 23.0 Å². The van der Waals surface area contributed by atoms with E-state index in [2.05, 4.69) is 5.32 Å². The van der Waals surface area contributed by atoms with E-state index >= 15 is 0 Å². The Morgan fingerprint density at radius 2 is 1.56 bits per heavy atom. The Morgan fingerprint density at radius 1 is 0.889 bits per heavy atom. The van der Waals surface area contributed by atoms with Gasteiger partial charge in [0, 0.05) is 17.2 Å². The van der Waals surface area contributed by atoms with Gasteiger partial charge in [-0.15, -0.1) is 0 Å². The van der Waals surface area contributed by atoms with E-state index in [1.807, 2.05) is 38.1 Å². The van der Waals surface area contributed by atoms with Crippen LogP contribution < -0.4 is 24.3 Å². The average molecular weight is 369 g/mol. The summed E-state index contributed by atoms with van der Waals surface area (Å²) in [4.78, 5) is 12.5. The first-order chi connectivity index (χ1) is 13.1. The highest BCUT2D eigenvalue weighted by atomic mass is 16.5. The predicted molar refractivity (Wildman–Crippen MR) is 105 cm³/mol. The van der Waals surface area contributed by atoms with Gasteiger partial charge in [0.2, 0.25) is 0 Å². The zero-order valence-corrected chi connectivity index (χ0v) is 15.9. The molecule has 2 aromatic carbocycles. The third kappa shape index (κ3) is 3.69. The Labute approximate surface area is 158 Å². The molecule has 0 bridgehead atoms. The van der Waals surface area contributed by atoms with Crippen molar-refractivity contribution < 1.29 is 23.7 Å². The second kappa shape index (κ2) is 8.03. The topological polar surface area (TPSA) is 66.0 Å². The molecule has 0 saturated carbocycles. The maximum Gasteiger partial charge on any atom is 0.256 e. The van der Waals surface area contributed by atoms with Crippen molar-refractivity contribution in [3.05, 3.63) is 41.5 Å². The number of anilines is 1. The number of hydrogen-bond donors (Lipinski definition) is 1. The molecule has 27 heavy (non-hydrogen) atoms. The lowest BCUT2D eigenvalue weighted by Gasteiger charge is -2.12. The molecule has 6 heteroatoms. The van der Waals surface area contributed by atoms with E-state index in [1.165, 1.54) is 0 Å². The van der Waals surface area contributed by atoms with E-state index in [1.54, 1.807) is 26.4 Å². The fourth-order valence-electron chi connectivity index (χ4n) is 2.98. The molecule has 0 unspecified atom stereocenters. The Bertz CT molecular complexity index is 888. The normalized spacial score (nSPS) is 13.9. The van der Waals surface area contributed by atoms with E-state index in [0.717, 1.165) is 11.1 Å². The van der Waals surface area contributed by atoms with Crippen molar-refractivity contribution in [1.82, 2.24) is 0 Å². The quantitative estimate of drug-likeness (QED) is 0.748. The van der Waals surface area contributed by atoms with Crippen molar-refractivity contribution >= 4 is 23.2 Å². The third-order valence-corrected chi connectivity index (χ3v) is 4.19. The fourth-order valence-corrected chi connectivity index (χ4v) is 2.98. The molecular weight excluding hydrogens is 346 g/mol. The van der Waals surface area contributed by atoms with Gasteiger partial charge in [0.15, 0.2) is 23.0 Å². The fraction of sp³-hybridized carbons (Fsp3) is 0.286. The SMILES string of the molecule is CCOc1ccc(C=C2C(=O)Nc3cc(OC)c(OC)cc32)cc1OCC. The molecule has 3 rings (SSSR count). The molecule has 142 valence electrons. The van der Waals surface area contributed by atoms with Crippen molar-refractivity contribution in [3.63, 3.8) is 0 Å². The number of carbonyl (C=O) groups is 1. The van der Waals surface area contributed by atoms with Crippen LogP contribution in [-0.4, -0.2) is 33.3 Å². The Hall–Kier alpha value is -3.15. The van der Waals surface area contributed by atoms with Crippen LogP contribution in [0.2, 0.25) is 0 Å². The van der Waals surface area contributed by atoms with E-state index in [0.29, 0.717) is 47.5 Å². The van der Waals surface area contributed by atoms with Gasteiger partial charge in [-0.25, -0.2) is 0 Å². The molecule has 0 radical (unpaired) electrons. The number of carbonyl (C=O) groups excluding carboxylic acids is 1. The van der Waals surface area contributed by atoms with Crippen molar-refractivity contribution in [2.75, 3.05) is 32.8 Å². The highest BCUT2D eigenvalue weighted by molar-refractivity contribution is 6.35. The van der Waals surface area contributed by atoms with Gasteiger partial charge in [0.1, 0.15) is 0 Å². The van der Waals surface area contributed by atoms with Gasteiger partial charge in [-0.1, -0.05) is 6.07 Å². The maximum atomic E-state index is 12.5. The monoisotopic (exact) mass is 369 g/mol. The van der Waals surface area contributed by atoms with Gasteiger partial charge in [0.05, 0.1) is 33.1 Å². The van der Waals surface area contributed by atoms with Crippen molar-refractivity contribution in [2.24, 2.45) is 0 Å². The van der Waals surface area contributed by atoms with Crippen LogP contribution in [0.15, 0.2) is 30.3 Å². The predicted octanol–water partition coefficient (Wildman–Crippen LogP) is 3.99. The van der Waals surface area contributed by atoms with Crippen LogP contribution in [0.3, 0.4) is 0 Å². The van der Waals surface area contributed by atoms with Gasteiger partial charge in [-0.3, -0.25) is 4.79 Å². The van der Waals surface area contributed by atoms with Crippen LogP contribution >= 0.6 is 0 Å². The number of rotatable bonds is 7. The second-order valence-electron chi connectivity index (χ2n) is 5.84. The first-order valence-corrected chi connectivity index (χ1v) is 8.80. The molecule has 0 fully saturated rings.